The van der Waals surface area contributed by atoms with Crippen LogP contribution in [0.1, 0.15) is 44.1 Å². The topological polar surface area (TPSA) is 24.1 Å². The summed E-state index contributed by atoms with van der Waals surface area (Å²) in [6.07, 6.45) is 7.84. The molecule has 0 atom stereocenters. The van der Waals surface area contributed by atoms with Crippen molar-refractivity contribution in [2.45, 2.75) is 51.5 Å². The fourth-order valence-electron chi connectivity index (χ4n) is 2.50. The number of thiocarbonyl (C=S) groups is 1. The first-order valence-electron chi connectivity index (χ1n) is 6.99. The van der Waals surface area contributed by atoms with Crippen LogP contribution in [-0.4, -0.2) is 11.2 Å². The highest BCUT2D eigenvalue weighted by Crippen LogP contribution is 2.20. The van der Waals surface area contributed by atoms with Crippen LogP contribution in [0.3, 0.4) is 0 Å². The maximum Gasteiger partial charge on any atom is 0.170 e. The Kier molecular flexibility index (Phi) is 5.64. The lowest BCUT2D eigenvalue weighted by Crippen LogP contribution is -2.37. The highest BCUT2D eigenvalue weighted by molar-refractivity contribution is 9.10. The summed E-state index contributed by atoms with van der Waals surface area (Å²) in [5.74, 6) is 0. The van der Waals surface area contributed by atoms with Crippen molar-refractivity contribution in [3.8, 4) is 0 Å². The van der Waals surface area contributed by atoms with E-state index in [1.807, 2.05) is 12.1 Å². The third-order valence-corrected chi connectivity index (χ3v) is 4.72. The minimum Gasteiger partial charge on any atom is -0.360 e. The molecule has 0 heterocycles. The van der Waals surface area contributed by atoms with Crippen molar-refractivity contribution in [2.75, 3.05) is 5.32 Å². The largest absolute Gasteiger partial charge is 0.360 e. The molecule has 1 fully saturated rings. The third kappa shape index (κ3) is 4.77. The predicted octanol–water partition coefficient (Wildman–Crippen LogP) is 4.77. The van der Waals surface area contributed by atoms with Crippen LogP contribution < -0.4 is 10.6 Å². The van der Waals surface area contributed by atoms with Gasteiger partial charge in [-0.15, -0.1) is 0 Å². The molecule has 1 aromatic carbocycles. The maximum absolute atomic E-state index is 5.40. The monoisotopic (exact) mass is 340 g/mol. The Morgan fingerprint density at radius 3 is 2.53 bits per heavy atom. The van der Waals surface area contributed by atoms with Crippen LogP contribution in [0, 0.1) is 6.92 Å². The van der Waals surface area contributed by atoms with Gasteiger partial charge in [-0.25, -0.2) is 0 Å². The number of benzene rings is 1. The third-order valence-electron chi connectivity index (χ3n) is 3.61. The van der Waals surface area contributed by atoms with Crippen LogP contribution in [0.15, 0.2) is 22.7 Å². The Balaban J connectivity index is 1.87. The van der Waals surface area contributed by atoms with Crippen molar-refractivity contribution in [1.29, 1.82) is 0 Å². The molecule has 0 spiro atoms. The molecular weight excluding hydrogens is 320 g/mol. The van der Waals surface area contributed by atoms with Gasteiger partial charge < -0.3 is 10.6 Å². The molecule has 0 bridgehead atoms. The van der Waals surface area contributed by atoms with E-state index in [-0.39, 0.29) is 0 Å². The summed E-state index contributed by atoms with van der Waals surface area (Å²) in [5.41, 5.74) is 2.26. The second-order valence-electron chi connectivity index (χ2n) is 5.25. The molecule has 2 nitrogen and oxygen atoms in total. The smallest absolute Gasteiger partial charge is 0.170 e. The highest BCUT2D eigenvalue weighted by atomic mass is 79.9. The molecule has 19 heavy (non-hydrogen) atoms. The minimum absolute atomic E-state index is 0.541. The molecule has 1 saturated carbocycles. The summed E-state index contributed by atoms with van der Waals surface area (Å²) in [6, 6.07) is 6.73. The first-order valence-corrected chi connectivity index (χ1v) is 8.19. The second kappa shape index (κ2) is 7.25. The fraction of sp³-hybridized carbons (Fsp3) is 0.533. The van der Waals surface area contributed by atoms with Gasteiger partial charge in [0.05, 0.1) is 0 Å². The van der Waals surface area contributed by atoms with Gasteiger partial charge in [-0.2, -0.15) is 0 Å². The van der Waals surface area contributed by atoms with Gasteiger partial charge in [0.15, 0.2) is 5.11 Å². The van der Waals surface area contributed by atoms with Crippen LogP contribution in [0.5, 0.6) is 0 Å². The Bertz CT molecular complexity index is 440. The molecule has 1 aromatic rings. The maximum atomic E-state index is 5.40. The van der Waals surface area contributed by atoms with Gasteiger partial charge in [-0.05, 0) is 55.7 Å². The van der Waals surface area contributed by atoms with Crippen LogP contribution in [0.25, 0.3) is 0 Å². The van der Waals surface area contributed by atoms with Gasteiger partial charge in [-0.3, -0.25) is 0 Å². The number of hydrogen-bond acceptors (Lipinski definition) is 1. The molecule has 0 aromatic heterocycles. The first kappa shape index (κ1) is 14.8. The minimum atomic E-state index is 0.541. The fourth-order valence-corrected chi connectivity index (χ4v) is 3.03. The van der Waals surface area contributed by atoms with Crippen LogP contribution in [0.4, 0.5) is 5.69 Å². The molecule has 0 unspecified atom stereocenters. The summed E-state index contributed by atoms with van der Waals surface area (Å²) in [4.78, 5) is 0. The van der Waals surface area contributed by atoms with Crippen molar-refractivity contribution < 1.29 is 0 Å². The Morgan fingerprint density at radius 2 is 1.89 bits per heavy atom. The average molecular weight is 341 g/mol. The van der Waals surface area contributed by atoms with Gasteiger partial charge >= 0.3 is 0 Å². The molecule has 4 heteroatoms. The molecule has 0 aliphatic heterocycles. The zero-order chi connectivity index (χ0) is 13.7. The molecule has 0 amide bonds. The summed E-state index contributed by atoms with van der Waals surface area (Å²) in [6.45, 7) is 2.08. The van der Waals surface area contributed by atoms with Gasteiger partial charge in [0.2, 0.25) is 0 Å². The molecule has 2 rings (SSSR count). The van der Waals surface area contributed by atoms with Crippen molar-refractivity contribution in [2.24, 2.45) is 0 Å². The Labute approximate surface area is 129 Å². The van der Waals surface area contributed by atoms with Crippen LogP contribution in [0.2, 0.25) is 0 Å². The number of rotatable bonds is 2. The number of anilines is 1. The standard InChI is InChI=1S/C15H21BrN2S/c1-11-10-13(8-9-14(11)16)18-15(19)17-12-6-4-2-3-5-7-12/h8-10,12H,2-7H2,1H3,(H2,17,18,19). The van der Waals surface area contributed by atoms with Gasteiger partial charge in [-0.1, -0.05) is 41.6 Å². The molecule has 0 radical (unpaired) electrons. The molecule has 104 valence electrons. The molecule has 2 N–H and O–H groups in total. The van der Waals surface area contributed by atoms with Crippen molar-refractivity contribution in [3.63, 3.8) is 0 Å². The second-order valence-corrected chi connectivity index (χ2v) is 6.51. The molecular formula is C15H21BrN2S. The lowest BCUT2D eigenvalue weighted by molar-refractivity contribution is 0.535. The molecule has 1 aliphatic rings. The highest BCUT2D eigenvalue weighted by Gasteiger charge is 2.12. The SMILES string of the molecule is Cc1cc(NC(=S)NC2CCCCCC2)ccc1Br. The van der Waals surface area contributed by atoms with Crippen LogP contribution in [-0.2, 0) is 0 Å². The zero-order valence-corrected chi connectivity index (χ0v) is 13.7. The van der Waals surface area contributed by atoms with Crippen LogP contribution >= 0.6 is 28.1 Å². The first-order chi connectivity index (χ1) is 9.15. The normalized spacial score (nSPS) is 16.7. The van der Waals surface area contributed by atoms with E-state index < -0.39 is 0 Å². The van der Waals surface area contributed by atoms with E-state index in [0.717, 1.165) is 15.3 Å². The summed E-state index contributed by atoms with van der Waals surface area (Å²) in [5, 5.41) is 7.47. The van der Waals surface area contributed by atoms with E-state index in [0.29, 0.717) is 6.04 Å². The zero-order valence-electron chi connectivity index (χ0n) is 11.3. The van der Waals surface area contributed by atoms with E-state index in [2.05, 4.69) is 39.6 Å². The Morgan fingerprint density at radius 1 is 1.21 bits per heavy atom. The Hall–Kier alpha value is -0.610. The lowest BCUT2D eigenvalue weighted by Gasteiger charge is -2.19. The lowest BCUT2D eigenvalue weighted by atomic mass is 10.1. The molecule has 0 saturated heterocycles. The van der Waals surface area contributed by atoms with E-state index in [4.69, 9.17) is 12.2 Å². The van der Waals surface area contributed by atoms with Gasteiger partial charge in [0, 0.05) is 16.2 Å². The number of hydrogen-bond donors (Lipinski definition) is 2. The van der Waals surface area contributed by atoms with Crippen molar-refractivity contribution in [3.05, 3.63) is 28.2 Å². The number of aryl methyl sites for hydroxylation is 1. The number of halogens is 1. The predicted molar refractivity (Wildman–Crippen MR) is 89.7 cm³/mol. The van der Waals surface area contributed by atoms with E-state index in [9.17, 15) is 0 Å². The molecule has 1 aliphatic carbocycles. The summed E-state index contributed by atoms with van der Waals surface area (Å²) < 4.78 is 1.13. The van der Waals surface area contributed by atoms with Crippen molar-refractivity contribution >= 4 is 38.9 Å². The van der Waals surface area contributed by atoms with Crippen molar-refractivity contribution in [1.82, 2.24) is 5.32 Å². The summed E-state index contributed by atoms with van der Waals surface area (Å²) >= 11 is 8.91. The van der Waals surface area contributed by atoms with Gasteiger partial charge in [0.25, 0.3) is 0 Å². The average Bonchev–Trinajstić information content (AvgIpc) is 2.62. The van der Waals surface area contributed by atoms with E-state index in [1.165, 1.54) is 44.1 Å². The quantitative estimate of drug-likeness (QED) is 0.599. The number of nitrogens with one attached hydrogen (secondary N) is 2. The summed E-state index contributed by atoms with van der Waals surface area (Å²) in [7, 11) is 0. The van der Waals surface area contributed by atoms with E-state index >= 15 is 0 Å². The van der Waals surface area contributed by atoms with E-state index in [1.54, 1.807) is 0 Å². The van der Waals surface area contributed by atoms with Gasteiger partial charge in [0.1, 0.15) is 0 Å².